The summed E-state index contributed by atoms with van der Waals surface area (Å²) >= 11 is 0. The molecule has 0 aromatic rings. The number of rotatable bonds is 8. The van der Waals surface area contributed by atoms with Crippen LogP contribution < -0.4 is 4.72 Å². The van der Waals surface area contributed by atoms with Crippen LogP contribution in [-0.4, -0.2) is 70.8 Å². The summed E-state index contributed by atoms with van der Waals surface area (Å²) in [4.78, 5) is 15.0. The third kappa shape index (κ3) is 7.33. The summed E-state index contributed by atoms with van der Waals surface area (Å²) < 4.78 is 28.9. The molecule has 1 saturated heterocycles. The van der Waals surface area contributed by atoms with E-state index < -0.39 is 35.1 Å². The molecule has 0 radical (unpaired) electrons. The molecule has 2 rings (SSSR count). The molecule has 1 aliphatic heterocycles. The number of carbonyl (C=O) groups excluding carboxylic acids is 1. The Morgan fingerprint density at radius 2 is 1.64 bits per heavy atom. The van der Waals surface area contributed by atoms with Gasteiger partial charge in [-0.15, -0.1) is 0 Å². The van der Waals surface area contributed by atoms with E-state index in [4.69, 9.17) is 9.16 Å². The first-order valence-corrected chi connectivity index (χ1v) is 17.6. The topological polar surface area (TPSA) is 88.1 Å². The number of nitrogens with zero attached hydrogens (tertiary/aromatic N) is 1. The van der Waals surface area contributed by atoms with Crippen molar-refractivity contribution in [3.05, 3.63) is 0 Å². The Morgan fingerprint density at radius 1 is 1.08 bits per heavy atom. The number of amides is 1. The lowest BCUT2D eigenvalue weighted by Crippen LogP contribution is -2.64. The molecule has 9 heteroatoms. The van der Waals surface area contributed by atoms with Gasteiger partial charge in [-0.3, -0.25) is 0 Å². The van der Waals surface area contributed by atoms with Crippen molar-refractivity contribution in [2.24, 2.45) is 10.8 Å². The summed E-state index contributed by atoms with van der Waals surface area (Å²) in [6.45, 7) is 25.6. The van der Waals surface area contributed by atoms with Crippen LogP contribution in [0.4, 0.5) is 4.79 Å². The molecule has 7 nitrogen and oxygen atoms in total. The van der Waals surface area contributed by atoms with Crippen molar-refractivity contribution in [2.75, 3.05) is 19.8 Å². The predicted molar refractivity (Wildman–Crippen MR) is 151 cm³/mol. The van der Waals surface area contributed by atoms with E-state index in [1.165, 1.54) is 0 Å². The van der Waals surface area contributed by atoms with Crippen molar-refractivity contribution >= 4 is 25.4 Å². The van der Waals surface area contributed by atoms with Crippen LogP contribution in [0.2, 0.25) is 18.1 Å². The minimum absolute atomic E-state index is 0.00641. The fourth-order valence-corrected chi connectivity index (χ4v) is 6.80. The van der Waals surface area contributed by atoms with Gasteiger partial charge in [-0.1, -0.05) is 20.8 Å². The zero-order valence-electron chi connectivity index (χ0n) is 25.0. The van der Waals surface area contributed by atoms with Crippen molar-refractivity contribution in [2.45, 2.75) is 135 Å². The number of hydrogen-bond acceptors (Lipinski definition) is 5. The smallest absolute Gasteiger partial charge is 0.410 e. The van der Waals surface area contributed by atoms with Crippen molar-refractivity contribution in [3.63, 3.8) is 0 Å². The number of aliphatic hydroxyl groups excluding tert-OH is 1. The van der Waals surface area contributed by atoms with Gasteiger partial charge in [-0.2, -0.15) is 0 Å². The fraction of sp³-hybridized carbons (Fsp3) is 0.963. The maximum Gasteiger partial charge on any atom is 0.410 e. The van der Waals surface area contributed by atoms with Crippen molar-refractivity contribution in [1.29, 1.82) is 0 Å². The van der Waals surface area contributed by atoms with E-state index in [1.54, 1.807) is 4.90 Å². The summed E-state index contributed by atoms with van der Waals surface area (Å²) in [5, 5.41) is 11.0. The van der Waals surface area contributed by atoms with Gasteiger partial charge in [0, 0.05) is 36.1 Å². The van der Waals surface area contributed by atoms with E-state index in [0.29, 0.717) is 13.2 Å². The van der Waals surface area contributed by atoms with Crippen LogP contribution in [-0.2, 0) is 20.1 Å². The molecule has 0 aromatic heterocycles. The Bertz CT molecular complexity index is 810. The number of likely N-dealkylation sites (tertiary alicyclic amines) is 1. The minimum atomic E-state index is -2.00. The van der Waals surface area contributed by atoms with E-state index in [2.05, 4.69) is 38.6 Å². The Balaban J connectivity index is 2.44. The molecule has 0 aromatic carbocycles. The highest BCUT2D eigenvalue weighted by Gasteiger charge is 2.60. The first-order valence-electron chi connectivity index (χ1n) is 13.5. The lowest BCUT2D eigenvalue weighted by molar-refractivity contribution is -0.0492. The third-order valence-corrected chi connectivity index (χ3v) is 14.5. The predicted octanol–water partition coefficient (Wildman–Crippen LogP) is 5.61. The second-order valence-electron chi connectivity index (χ2n) is 14.9. The molecule has 2 fully saturated rings. The fourth-order valence-electron chi connectivity index (χ4n) is 4.65. The maximum atomic E-state index is 13.5. The lowest BCUT2D eigenvalue weighted by atomic mass is 9.68. The van der Waals surface area contributed by atoms with Crippen LogP contribution in [0.3, 0.4) is 0 Å². The Kier molecular flexibility index (Phi) is 9.33. The van der Waals surface area contributed by atoms with Gasteiger partial charge in [0.2, 0.25) is 0 Å². The Hall–Kier alpha value is -0.483. The molecule has 0 bridgehead atoms. The molecule has 1 aliphatic carbocycles. The monoisotopic (exact) mass is 546 g/mol. The molecule has 1 amide bonds. The van der Waals surface area contributed by atoms with Crippen LogP contribution >= 0.6 is 0 Å². The highest BCUT2D eigenvalue weighted by molar-refractivity contribution is 7.84. The van der Waals surface area contributed by atoms with Crippen molar-refractivity contribution in [3.8, 4) is 0 Å². The first-order chi connectivity index (χ1) is 16.1. The molecule has 1 saturated carbocycles. The van der Waals surface area contributed by atoms with E-state index in [1.807, 2.05) is 48.5 Å². The molecule has 0 unspecified atom stereocenters. The molecule has 36 heavy (non-hydrogen) atoms. The quantitative estimate of drug-likeness (QED) is 0.387. The number of ether oxygens (including phenoxy) is 1. The Labute approximate surface area is 224 Å². The largest absolute Gasteiger partial charge is 0.444 e. The van der Waals surface area contributed by atoms with Gasteiger partial charge in [0.1, 0.15) is 5.60 Å². The number of nitrogens with one attached hydrogen (secondary N) is 1. The van der Waals surface area contributed by atoms with Crippen molar-refractivity contribution < 1.29 is 23.3 Å². The third-order valence-electron chi connectivity index (χ3n) is 8.44. The lowest BCUT2D eigenvalue weighted by Gasteiger charge is -2.52. The van der Waals surface area contributed by atoms with Crippen LogP contribution in [0.5, 0.6) is 0 Å². The van der Waals surface area contributed by atoms with E-state index >= 15 is 0 Å². The van der Waals surface area contributed by atoms with E-state index in [-0.39, 0.29) is 35.2 Å². The van der Waals surface area contributed by atoms with Crippen molar-refractivity contribution in [1.82, 2.24) is 9.62 Å². The second-order valence-corrected chi connectivity index (χ2v) is 21.7. The van der Waals surface area contributed by atoms with Gasteiger partial charge < -0.3 is 19.2 Å². The second kappa shape index (κ2) is 10.6. The molecular formula is C27H54N2O5SSi. The average molecular weight is 547 g/mol. The molecule has 2 N–H and O–H groups in total. The highest BCUT2D eigenvalue weighted by Crippen LogP contribution is 2.57. The number of hydrogen-bond donors (Lipinski definition) is 2. The van der Waals surface area contributed by atoms with E-state index in [9.17, 15) is 14.1 Å². The summed E-state index contributed by atoms with van der Waals surface area (Å²) in [6.07, 6.45) is 3.03. The Morgan fingerprint density at radius 3 is 2.06 bits per heavy atom. The van der Waals surface area contributed by atoms with E-state index in [0.717, 1.165) is 25.7 Å². The number of aliphatic hydroxyl groups is 1. The number of carbonyl (C=O) groups is 1. The first kappa shape index (κ1) is 31.7. The number of piperidine rings is 1. The van der Waals surface area contributed by atoms with Gasteiger partial charge in [-0.05, 0) is 92.3 Å². The maximum absolute atomic E-state index is 13.5. The van der Waals surface area contributed by atoms with Crippen LogP contribution in [0.1, 0.15) is 94.9 Å². The van der Waals surface area contributed by atoms with Crippen LogP contribution in [0.15, 0.2) is 0 Å². The minimum Gasteiger partial charge on any atom is -0.444 e. The molecule has 1 heterocycles. The zero-order valence-corrected chi connectivity index (χ0v) is 26.9. The molecule has 4 atom stereocenters. The standard InChI is InChI=1S/C27H54N2O5SSi/c1-20-13-14-27(18-30,17-29(20)22(31)34-23(2,3)4)21(28-35(32)24(5,6)7)26(15-16-26)19-33-36(11,12)25(8,9)10/h20-21,28,30H,13-19H2,1-12H3/t20-,21+,27+,35+/m0/s1. The van der Waals surface area contributed by atoms with Gasteiger partial charge in [-0.25, -0.2) is 13.7 Å². The van der Waals surface area contributed by atoms with Crippen LogP contribution in [0.25, 0.3) is 0 Å². The molecule has 2 aliphatic rings. The normalized spacial score (nSPS) is 26.9. The summed E-state index contributed by atoms with van der Waals surface area (Å²) in [5.74, 6) is 0. The molecule has 0 spiro atoms. The van der Waals surface area contributed by atoms with Gasteiger partial charge in [0.25, 0.3) is 0 Å². The van der Waals surface area contributed by atoms with Gasteiger partial charge in [0.15, 0.2) is 8.32 Å². The summed E-state index contributed by atoms with van der Waals surface area (Å²) in [6, 6.07) is -0.246. The zero-order chi connectivity index (χ0) is 28.0. The summed E-state index contributed by atoms with van der Waals surface area (Å²) in [5.41, 5.74) is -1.47. The van der Waals surface area contributed by atoms with Gasteiger partial charge in [0.05, 0.1) is 22.3 Å². The highest BCUT2D eigenvalue weighted by atomic mass is 32.2. The van der Waals surface area contributed by atoms with Gasteiger partial charge >= 0.3 is 6.09 Å². The SMILES string of the molecule is C[C@H]1CC[C@@](CO)([C@H](N[S@](=O)C(C)(C)C)C2(CO[Si](C)(C)C(C)(C)C)CC2)CN1C(=O)OC(C)(C)C. The average Bonchev–Trinajstić information content (AvgIpc) is 3.49. The summed E-state index contributed by atoms with van der Waals surface area (Å²) in [7, 11) is -3.33. The van der Waals surface area contributed by atoms with Crippen LogP contribution in [0, 0.1) is 10.8 Å². The molecular weight excluding hydrogens is 492 g/mol. The molecule has 212 valence electrons.